The lowest BCUT2D eigenvalue weighted by atomic mass is 9.91. The fraction of sp³-hybridized carbons (Fsp3) is 0.310. The van der Waals surface area contributed by atoms with E-state index in [4.69, 9.17) is 9.73 Å². The van der Waals surface area contributed by atoms with Crippen LogP contribution < -0.4 is 0 Å². The minimum atomic E-state index is -0.670. The van der Waals surface area contributed by atoms with E-state index in [1.165, 1.54) is 30.8 Å². The molecule has 0 saturated carbocycles. The molecule has 0 bridgehead atoms. The Bertz CT molecular complexity index is 1370. The summed E-state index contributed by atoms with van der Waals surface area (Å²) in [6, 6.07) is 14.7. The van der Waals surface area contributed by atoms with Crippen molar-refractivity contribution in [1.82, 2.24) is 14.7 Å². The number of fused-ring (bicyclic) bond motifs is 1. The first-order valence-electron chi connectivity index (χ1n) is 12.9. The van der Waals surface area contributed by atoms with E-state index < -0.39 is 12.0 Å². The van der Waals surface area contributed by atoms with Gasteiger partial charge in [0, 0.05) is 44.4 Å². The summed E-state index contributed by atoms with van der Waals surface area (Å²) in [6.45, 7) is 5.38. The van der Waals surface area contributed by atoms with Crippen LogP contribution in [0.4, 0.5) is 4.39 Å². The summed E-state index contributed by atoms with van der Waals surface area (Å²) < 4.78 is 19.4. The topological polar surface area (TPSA) is 82.5 Å². The van der Waals surface area contributed by atoms with Crippen LogP contribution in [0, 0.1) is 5.82 Å². The quantitative estimate of drug-likeness (QED) is 0.504. The Morgan fingerprint density at radius 2 is 1.67 bits per heavy atom. The first-order valence-corrected chi connectivity index (χ1v) is 13.7. The number of amidine groups is 1. The predicted octanol–water partition coefficient (Wildman–Crippen LogP) is 4.18. The fourth-order valence-corrected chi connectivity index (χ4v) is 5.91. The largest absolute Gasteiger partial charge is 0.463 e. The predicted molar refractivity (Wildman–Crippen MR) is 148 cm³/mol. The number of benzene rings is 2. The molecule has 1 unspecified atom stereocenters. The zero-order chi connectivity index (χ0) is 27.5. The van der Waals surface area contributed by atoms with Crippen molar-refractivity contribution in [2.45, 2.75) is 26.3 Å². The van der Waals surface area contributed by atoms with E-state index >= 15 is 0 Å². The summed E-state index contributed by atoms with van der Waals surface area (Å²) in [5, 5.41) is 2.51. The summed E-state index contributed by atoms with van der Waals surface area (Å²) in [5.74, 6) is -0.975. The van der Waals surface area contributed by atoms with Gasteiger partial charge in [-0.1, -0.05) is 54.2 Å². The van der Waals surface area contributed by atoms with E-state index in [9.17, 15) is 18.8 Å². The molecule has 3 heterocycles. The third-order valence-corrected chi connectivity index (χ3v) is 7.84. The van der Waals surface area contributed by atoms with Gasteiger partial charge in [-0.15, -0.1) is 0 Å². The van der Waals surface area contributed by atoms with Crippen molar-refractivity contribution in [2.24, 2.45) is 4.99 Å². The number of aliphatic imine (C=N–C) groups is 1. The van der Waals surface area contributed by atoms with Gasteiger partial charge in [0.1, 0.15) is 5.82 Å². The molecule has 202 valence electrons. The summed E-state index contributed by atoms with van der Waals surface area (Å²) in [6.07, 6.45) is 0.0978. The Hall–Kier alpha value is -3.92. The Balaban J connectivity index is 1.52. The highest BCUT2D eigenvalue weighted by Gasteiger charge is 2.42. The molecule has 3 aliphatic heterocycles. The molecular weight excluding hydrogens is 519 g/mol. The first kappa shape index (κ1) is 26.7. The standard InChI is InChI=1S/C29H29FN4O4S/c1-3-38-28(37)25-26(20-7-5-4-6-8-20)31-29-34(27(25)21-9-11-22(30)12-10-21)23(18-39-29)17-24(36)33-15-13-32(14-16-33)19(2)35/h4-12,18,27H,3,13-17H2,1-2H3. The van der Waals surface area contributed by atoms with Crippen LogP contribution in [0.2, 0.25) is 0 Å². The van der Waals surface area contributed by atoms with Gasteiger partial charge in [-0.05, 0) is 30.0 Å². The van der Waals surface area contributed by atoms with E-state index in [0.29, 0.717) is 53.9 Å². The number of halogens is 1. The molecule has 1 saturated heterocycles. The molecular formula is C29H29FN4O4S. The van der Waals surface area contributed by atoms with Gasteiger partial charge in [-0.3, -0.25) is 9.59 Å². The van der Waals surface area contributed by atoms with Crippen molar-refractivity contribution in [1.29, 1.82) is 0 Å². The van der Waals surface area contributed by atoms with Gasteiger partial charge in [0.05, 0.1) is 30.3 Å². The number of carbonyl (C=O) groups is 3. The molecule has 0 radical (unpaired) electrons. The van der Waals surface area contributed by atoms with Crippen LogP contribution in [-0.4, -0.2) is 70.4 Å². The van der Waals surface area contributed by atoms with Gasteiger partial charge < -0.3 is 19.4 Å². The maximum atomic E-state index is 13.9. The average Bonchev–Trinajstić information content (AvgIpc) is 3.35. The van der Waals surface area contributed by atoms with Gasteiger partial charge in [-0.2, -0.15) is 0 Å². The van der Waals surface area contributed by atoms with Gasteiger partial charge >= 0.3 is 5.97 Å². The molecule has 3 aliphatic rings. The number of nitrogens with zero attached hydrogens (tertiary/aromatic N) is 4. The second-order valence-electron chi connectivity index (χ2n) is 9.36. The fourth-order valence-electron chi connectivity index (χ4n) is 4.99. The Labute approximate surface area is 230 Å². The zero-order valence-corrected chi connectivity index (χ0v) is 22.6. The van der Waals surface area contributed by atoms with Crippen molar-refractivity contribution in [3.05, 3.63) is 88.2 Å². The number of esters is 1. The normalized spacial score (nSPS) is 18.9. The first-order chi connectivity index (χ1) is 18.9. The second-order valence-corrected chi connectivity index (χ2v) is 10.2. The monoisotopic (exact) mass is 548 g/mol. The highest BCUT2D eigenvalue weighted by molar-refractivity contribution is 8.16. The summed E-state index contributed by atoms with van der Waals surface area (Å²) in [7, 11) is 0. The number of thioether (sulfide) groups is 1. The smallest absolute Gasteiger partial charge is 0.338 e. The van der Waals surface area contributed by atoms with E-state index in [1.807, 2.05) is 40.6 Å². The highest BCUT2D eigenvalue weighted by Crippen LogP contribution is 2.47. The third kappa shape index (κ3) is 5.47. The minimum Gasteiger partial charge on any atom is -0.463 e. The molecule has 0 aromatic heterocycles. The lowest BCUT2D eigenvalue weighted by Gasteiger charge is -2.38. The van der Waals surface area contributed by atoms with E-state index in [1.54, 1.807) is 28.9 Å². The molecule has 39 heavy (non-hydrogen) atoms. The maximum absolute atomic E-state index is 13.9. The van der Waals surface area contributed by atoms with Gasteiger partial charge in [0.2, 0.25) is 11.8 Å². The molecule has 10 heteroatoms. The molecule has 2 aromatic rings. The summed E-state index contributed by atoms with van der Waals surface area (Å²) in [4.78, 5) is 48.8. The third-order valence-electron chi connectivity index (χ3n) is 6.95. The number of carbonyl (C=O) groups excluding carboxylic acids is 3. The van der Waals surface area contributed by atoms with Crippen LogP contribution in [0.3, 0.4) is 0 Å². The van der Waals surface area contributed by atoms with Crippen LogP contribution >= 0.6 is 11.8 Å². The average molecular weight is 549 g/mol. The summed E-state index contributed by atoms with van der Waals surface area (Å²) in [5.41, 5.74) is 2.95. The zero-order valence-electron chi connectivity index (χ0n) is 21.8. The number of ether oxygens (including phenoxy) is 1. The van der Waals surface area contributed by atoms with Crippen LogP contribution in [0.5, 0.6) is 0 Å². The van der Waals surface area contributed by atoms with Crippen molar-refractivity contribution in [2.75, 3.05) is 32.8 Å². The molecule has 2 aromatic carbocycles. The number of piperazine rings is 1. The molecule has 8 nitrogen and oxygen atoms in total. The van der Waals surface area contributed by atoms with E-state index in [0.717, 1.165) is 5.56 Å². The molecule has 0 aliphatic carbocycles. The lowest BCUT2D eigenvalue weighted by molar-refractivity contribution is -0.139. The van der Waals surface area contributed by atoms with Crippen molar-refractivity contribution in [3.63, 3.8) is 0 Å². The van der Waals surface area contributed by atoms with Crippen LogP contribution in [0.15, 0.2) is 76.3 Å². The Morgan fingerprint density at radius 3 is 2.31 bits per heavy atom. The van der Waals surface area contributed by atoms with Crippen LogP contribution in [0.25, 0.3) is 5.70 Å². The minimum absolute atomic E-state index is 0.000752. The number of hydrogen-bond acceptors (Lipinski definition) is 7. The van der Waals surface area contributed by atoms with Gasteiger partial charge in [0.15, 0.2) is 5.17 Å². The molecule has 1 atom stereocenters. The molecule has 0 N–H and O–H groups in total. The SMILES string of the molecule is CCOC(=O)C1=C(c2ccccc2)N=C2SC=C(CC(=O)N3CCN(C(C)=O)CC3)N2C1c1ccc(F)cc1. The highest BCUT2D eigenvalue weighted by atomic mass is 32.2. The Morgan fingerprint density at radius 1 is 1.00 bits per heavy atom. The van der Waals surface area contributed by atoms with E-state index in [-0.39, 0.29) is 30.7 Å². The van der Waals surface area contributed by atoms with Crippen LogP contribution in [-0.2, 0) is 19.1 Å². The van der Waals surface area contributed by atoms with E-state index in [2.05, 4.69) is 0 Å². The lowest BCUT2D eigenvalue weighted by Crippen LogP contribution is -2.50. The molecule has 2 amide bonds. The summed E-state index contributed by atoms with van der Waals surface area (Å²) >= 11 is 1.38. The Kier molecular flexibility index (Phi) is 7.83. The number of amides is 2. The van der Waals surface area contributed by atoms with Gasteiger partial charge in [0.25, 0.3) is 0 Å². The van der Waals surface area contributed by atoms with Crippen molar-refractivity contribution in [3.8, 4) is 0 Å². The van der Waals surface area contributed by atoms with Crippen molar-refractivity contribution >= 4 is 40.4 Å². The molecule has 0 spiro atoms. The number of hydrogen-bond donors (Lipinski definition) is 0. The molecule has 5 rings (SSSR count). The number of rotatable bonds is 6. The van der Waals surface area contributed by atoms with Gasteiger partial charge in [-0.25, -0.2) is 14.2 Å². The second kappa shape index (κ2) is 11.4. The molecule has 1 fully saturated rings. The van der Waals surface area contributed by atoms with Crippen LogP contribution in [0.1, 0.15) is 37.4 Å². The maximum Gasteiger partial charge on any atom is 0.338 e. The van der Waals surface area contributed by atoms with Crippen molar-refractivity contribution < 1.29 is 23.5 Å².